The largest absolute Gasteiger partial charge is 0.497 e. The van der Waals surface area contributed by atoms with E-state index in [4.69, 9.17) is 20.8 Å². The van der Waals surface area contributed by atoms with E-state index in [1.807, 2.05) is 18.2 Å². The SMILES string of the molecule is COc1ccc(Br)c(-c2nnc(C(C)Cl)o2)c1. The Kier molecular flexibility index (Phi) is 3.69. The topological polar surface area (TPSA) is 48.2 Å². The zero-order valence-corrected chi connectivity index (χ0v) is 11.6. The van der Waals surface area contributed by atoms with Gasteiger partial charge in [0, 0.05) is 4.47 Å². The highest BCUT2D eigenvalue weighted by Crippen LogP contribution is 2.32. The fourth-order valence-electron chi connectivity index (χ4n) is 1.30. The molecule has 90 valence electrons. The molecule has 0 aliphatic carbocycles. The van der Waals surface area contributed by atoms with E-state index < -0.39 is 0 Å². The van der Waals surface area contributed by atoms with Crippen LogP contribution in [0.25, 0.3) is 11.5 Å². The van der Waals surface area contributed by atoms with E-state index in [0.717, 1.165) is 15.8 Å². The average molecular weight is 318 g/mol. The third-order valence-corrected chi connectivity index (χ3v) is 3.06. The first-order chi connectivity index (χ1) is 8.11. The first-order valence-electron chi connectivity index (χ1n) is 4.93. The summed E-state index contributed by atoms with van der Waals surface area (Å²) in [6.45, 7) is 1.78. The molecule has 1 aromatic heterocycles. The smallest absolute Gasteiger partial charge is 0.249 e. The van der Waals surface area contributed by atoms with Crippen molar-refractivity contribution in [2.24, 2.45) is 0 Å². The number of hydrogen-bond donors (Lipinski definition) is 0. The molecule has 0 aliphatic heterocycles. The Morgan fingerprint density at radius 2 is 2.18 bits per heavy atom. The van der Waals surface area contributed by atoms with E-state index in [-0.39, 0.29) is 5.38 Å². The summed E-state index contributed by atoms with van der Waals surface area (Å²) in [5, 5.41) is 7.53. The maximum Gasteiger partial charge on any atom is 0.249 e. The number of benzene rings is 1. The second-order valence-corrected chi connectivity index (χ2v) is 4.92. The lowest BCUT2D eigenvalue weighted by atomic mass is 10.2. The fourth-order valence-corrected chi connectivity index (χ4v) is 1.80. The summed E-state index contributed by atoms with van der Waals surface area (Å²) < 4.78 is 11.5. The predicted octanol–water partition coefficient (Wildman–Crippen LogP) is 3.81. The standard InChI is InChI=1S/C11H10BrClN2O2/c1-6(13)10-14-15-11(17-10)8-5-7(16-2)3-4-9(8)12/h3-6H,1-2H3. The minimum absolute atomic E-state index is 0.305. The number of hydrogen-bond acceptors (Lipinski definition) is 4. The first-order valence-corrected chi connectivity index (χ1v) is 6.16. The van der Waals surface area contributed by atoms with Gasteiger partial charge in [0.05, 0.1) is 12.7 Å². The van der Waals surface area contributed by atoms with Crippen LogP contribution in [0.3, 0.4) is 0 Å². The molecule has 17 heavy (non-hydrogen) atoms. The number of methoxy groups -OCH3 is 1. The Hall–Kier alpha value is -1.07. The van der Waals surface area contributed by atoms with Crippen molar-refractivity contribution in [1.29, 1.82) is 0 Å². The highest BCUT2D eigenvalue weighted by atomic mass is 79.9. The lowest BCUT2D eigenvalue weighted by molar-refractivity contribution is 0.414. The molecule has 1 atom stereocenters. The summed E-state index contributed by atoms with van der Waals surface area (Å²) in [6.07, 6.45) is 0. The van der Waals surface area contributed by atoms with E-state index in [9.17, 15) is 0 Å². The molecule has 1 aromatic carbocycles. The molecule has 0 saturated carbocycles. The van der Waals surface area contributed by atoms with Gasteiger partial charge in [-0.3, -0.25) is 0 Å². The Bertz CT molecular complexity index is 528. The third kappa shape index (κ3) is 2.61. The lowest BCUT2D eigenvalue weighted by Gasteiger charge is -2.03. The Labute approximate surface area is 112 Å². The van der Waals surface area contributed by atoms with Gasteiger partial charge in [0.1, 0.15) is 11.1 Å². The molecular formula is C11H10BrClN2O2. The molecule has 1 unspecified atom stereocenters. The Morgan fingerprint density at radius 3 is 2.76 bits per heavy atom. The molecule has 0 N–H and O–H groups in total. The van der Waals surface area contributed by atoms with Crippen LogP contribution in [0.15, 0.2) is 27.1 Å². The van der Waals surface area contributed by atoms with Gasteiger partial charge in [-0.2, -0.15) is 0 Å². The van der Waals surface area contributed by atoms with E-state index in [1.54, 1.807) is 14.0 Å². The van der Waals surface area contributed by atoms with Gasteiger partial charge in [0.15, 0.2) is 0 Å². The van der Waals surface area contributed by atoms with Gasteiger partial charge in [-0.25, -0.2) is 0 Å². The van der Waals surface area contributed by atoms with Gasteiger partial charge in [-0.05, 0) is 41.1 Å². The zero-order valence-electron chi connectivity index (χ0n) is 9.28. The molecule has 0 bridgehead atoms. The fraction of sp³-hybridized carbons (Fsp3) is 0.273. The van der Waals surface area contributed by atoms with Crippen LogP contribution in [0.2, 0.25) is 0 Å². The molecule has 0 aliphatic rings. The molecule has 0 fully saturated rings. The molecular weight excluding hydrogens is 307 g/mol. The maximum absolute atomic E-state index is 5.87. The van der Waals surface area contributed by atoms with Gasteiger partial charge < -0.3 is 9.15 Å². The van der Waals surface area contributed by atoms with Crippen LogP contribution in [0, 0.1) is 0 Å². The quantitative estimate of drug-likeness (QED) is 0.808. The first kappa shape index (κ1) is 12.4. The summed E-state index contributed by atoms with van der Waals surface area (Å²) in [5.41, 5.74) is 0.778. The average Bonchev–Trinajstić information content (AvgIpc) is 2.79. The summed E-state index contributed by atoms with van der Waals surface area (Å²) in [5.74, 6) is 1.54. The van der Waals surface area contributed by atoms with Gasteiger partial charge in [0.25, 0.3) is 0 Å². The number of ether oxygens (including phenoxy) is 1. The molecule has 0 amide bonds. The number of rotatable bonds is 3. The number of halogens is 2. The predicted molar refractivity (Wildman–Crippen MR) is 68.3 cm³/mol. The summed E-state index contributed by atoms with van der Waals surface area (Å²) in [4.78, 5) is 0. The van der Waals surface area contributed by atoms with Crippen molar-refractivity contribution in [3.05, 3.63) is 28.6 Å². The second-order valence-electron chi connectivity index (χ2n) is 3.41. The van der Waals surface area contributed by atoms with Crippen LogP contribution < -0.4 is 4.74 Å². The number of alkyl halides is 1. The van der Waals surface area contributed by atoms with Gasteiger partial charge in [-0.15, -0.1) is 21.8 Å². The van der Waals surface area contributed by atoms with Crippen molar-refractivity contribution in [3.8, 4) is 17.2 Å². The number of nitrogens with zero attached hydrogens (tertiary/aromatic N) is 2. The van der Waals surface area contributed by atoms with Crippen molar-refractivity contribution in [3.63, 3.8) is 0 Å². The van der Waals surface area contributed by atoms with E-state index in [0.29, 0.717) is 11.8 Å². The van der Waals surface area contributed by atoms with E-state index >= 15 is 0 Å². The van der Waals surface area contributed by atoms with Crippen molar-refractivity contribution < 1.29 is 9.15 Å². The van der Waals surface area contributed by atoms with Crippen molar-refractivity contribution in [1.82, 2.24) is 10.2 Å². The lowest BCUT2D eigenvalue weighted by Crippen LogP contribution is -1.85. The highest BCUT2D eigenvalue weighted by molar-refractivity contribution is 9.10. The maximum atomic E-state index is 5.87. The molecule has 0 radical (unpaired) electrons. The minimum Gasteiger partial charge on any atom is -0.497 e. The van der Waals surface area contributed by atoms with Gasteiger partial charge in [0.2, 0.25) is 11.8 Å². The molecule has 6 heteroatoms. The van der Waals surface area contributed by atoms with Crippen LogP contribution in [-0.2, 0) is 0 Å². The summed E-state index contributed by atoms with van der Waals surface area (Å²) in [7, 11) is 1.60. The number of aromatic nitrogens is 2. The van der Waals surface area contributed by atoms with Crippen LogP contribution in [0.5, 0.6) is 5.75 Å². The zero-order chi connectivity index (χ0) is 12.4. The molecule has 2 aromatic rings. The van der Waals surface area contributed by atoms with Gasteiger partial charge in [-0.1, -0.05) is 0 Å². The van der Waals surface area contributed by atoms with E-state index in [1.165, 1.54) is 0 Å². The van der Waals surface area contributed by atoms with Crippen molar-refractivity contribution in [2.45, 2.75) is 12.3 Å². The molecule has 2 rings (SSSR count). The third-order valence-electron chi connectivity index (χ3n) is 2.18. The van der Waals surface area contributed by atoms with Crippen LogP contribution in [0.4, 0.5) is 0 Å². The van der Waals surface area contributed by atoms with Crippen molar-refractivity contribution >= 4 is 27.5 Å². The minimum atomic E-state index is -0.305. The molecule has 1 heterocycles. The highest BCUT2D eigenvalue weighted by Gasteiger charge is 2.15. The van der Waals surface area contributed by atoms with E-state index in [2.05, 4.69) is 26.1 Å². The summed E-state index contributed by atoms with van der Waals surface area (Å²) >= 11 is 9.30. The molecule has 0 spiro atoms. The summed E-state index contributed by atoms with van der Waals surface area (Å²) in [6, 6.07) is 5.53. The molecule has 0 saturated heterocycles. The van der Waals surface area contributed by atoms with Crippen LogP contribution in [-0.4, -0.2) is 17.3 Å². The van der Waals surface area contributed by atoms with Crippen molar-refractivity contribution in [2.75, 3.05) is 7.11 Å². The van der Waals surface area contributed by atoms with Crippen LogP contribution >= 0.6 is 27.5 Å². The molecule has 4 nitrogen and oxygen atoms in total. The Balaban J connectivity index is 2.44. The second kappa shape index (κ2) is 5.06. The normalized spacial score (nSPS) is 12.5. The monoisotopic (exact) mass is 316 g/mol. The van der Waals surface area contributed by atoms with Gasteiger partial charge >= 0.3 is 0 Å². The Morgan fingerprint density at radius 1 is 1.41 bits per heavy atom. The van der Waals surface area contributed by atoms with Crippen LogP contribution in [0.1, 0.15) is 18.2 Å².